The first kappa shape index (κ1) is 12.5. The van der Waals surface area contributed by atoms with Gasteiger partial charge in [0.05, 0.1) is 7.11 Å². The van der Waals surface area contributed by atoms with Crippen molar-refractivity contribution >= 4 is 21.9 Å². The summed E-state index contributed by atoms with van der Waals surface area (Å²) in [5.41, 5.74) is 0.679. The molecule has 0 unspecified atom stereocenters. The summed E-state index contributed by atoms with van der Waals surface area (Å²) in [5, 5.41) is 3.17. The minimum absolute atomic E-state index is 0.0196. The number of rotatable bonds is 4. The summed E-state index contributed by atoms with van der Waals surface area (Å²) in [5.74, 6) is -0.353. The van der Waals surface area contributed by atoms with E-state index in [1.165, 1.54) is 7.11 Å². The highest BCUT2D eigenvalue weighted by atomic mass is 79.9. The maximum Gasteiger partial charge on any atom is 0.331 e. The molecule has 1 fully saturated rings. The molecule has 4 nitrogen and oxygen atoms in total. The lowest BCUT2D eigenvalue weighted by atomic mass is 9.88. The highest BCUT2D eigenvalue weighted by Crippen LogP contribution is 2.30. The second kappa shape index (κ2) is 5.16. The predicted molar refractivity (Wildman–Crippen MR) is 66.7 cm³/mol. The van der Waals surface area contributed by atoms with Gasteiger partial charge in [0.2, 0.25) is 0 Å². The van der Waals surface area contributed by atoms with Gasteiger partial charge in [-0.15, -0.1) is 0 Å². The van der Waals surface area contributed by atoms with Crippen LogP contribution in [0.3, 0.4) is 0 Å². The second-order valence-electron chi connectivity index (χ2n) is 3.97. The summed E-state index contributed by atoms with van der Waals surface area (Å²) in [6.45, 7) is 1.41. The summed E-state index contributed by atoms with van der Waals surface area (Å²) < 4.78 is 11.3. The number of esters is 1. The predicted octanol–water partition coefficient (Wildman–Crippen LogP) is 1.44. The van der Waals surface area contributed by atoms with Crippen LogP contribution in [0.15, 0.2) is 28.7 Å². The molecule has 1 aliphatic rings. The van der Waals surface area contributed by atoms with Gasteiger partial charge in [-0.05, 0) is 17.7 Å². The molecule has 2 rings (SSSR count). The number of halogens is 1. The molecule has 0 atom stereocenters. The molecule has 1 saturated heterocycles. The average Bonchev–Trinajstić information content (AvgIpc) is 2.29. The summed E-state index contributed by atoms with van der Waals surface area (Å²) in [4.78, 5) is 11.1. The third-order valence-corrected chi connectivity index (χ3v) is 3.41. The molecule has 1 N–H and O–H groups in total. The lowest BCUT2D eigenvalue weighted by molar-refractivity contribution is -0.158. The minimum Gasteiger partial charge on any atom is -0.467 e. The quantitative estimate of drug-likeness (QED) is 0.855. The third kappa shape index (κ3) is 2.68. The van der Waals surface area contributed by atoms with Gasteiger partial charge < -0.3 is 14.8 Å². The monoisotopic (exact) mass is 299 g/mol. The van der Waals surface area contributed by atoms with Gasteiger partial charge in [-0.2, -0.15) is 0 Å². The number of carbonyl (C=O) groups is 1. The van der Waals surface area contributed by atoms with Crippen molar-refractivity contribution in [1.82, 2.24) is 5.32 Å². The summed E-state index contributed by atoms with van der Waals surface area (Å²) in [6, 6.07) is 7.94. The minimum atomic E-state index is -0.394. The van der Waals surface area contributed by atoms with E-state index >= 15 is 0 Å². The number of carbonyl (C=O) groups excluding carboxylic acids is 1. The molecule has 1 aliphatic heterocycles. The van der Waals surface area contributed by atoms with Crippen molar-refractivity contribution in [3.8, 4) is 0 Å². The normalized spacial score (nSPS) is 17.3. The molecule has 0 aliphatic carbocycles. The van der Waals surface area contributed by atoms with E-state index in [-0.39, 0.29) is 12.6 Å². The zero-order valence-electron chi connectivity index (χ0n) is 9.53. The topological polar surface area (TPSA) is 47.6 Å². The Morgan fingerprint density at radius 3 is 2.53 bits per heavy atom. The van der Waals surface area contributed by atoms with Crippen LogP contribution in [0.1, 0.15) is 5.56 Å². The Kier molecular flexibility index (Phi) is 3.81. The molecule has 0 radical (unpaired) electrons. The SMILES string of the molecule is COC(=O)COC1(c2ccc(Br)cc2)CNC1. The van der Waals surface area contributed by atoms with E-state index in [0.29, 0.717) is 13.1 Å². The summed E-state index contributed by atoms with van der Waals surface area (Å²) in [6.07, 6.45) is 0. The van der Waals surface area contributed by atoms with Crippen LogP contribution < -0.4 is 5.32 Å². The lowest BCUT2D eigenvalue weighted by Crippen LogP contribution is -2.59. The fourth-order valence-corrected chi connectivity index (χ4v) is 2.02. The molecule has 0 aromatic heterocycles. The van der Waals surface area contributed by atoms with E-state index in [0.717, 1.165) is 10.0 Å². The highest BCUT2D eigenvalue weighted by Gasteiger charge is 2.40. The van der Waals surface area contributed by atoms with Gasteiger partial charge in [0.25, 0.3) is 0 Å². The fraction of sp³-hybridized carbons (Fsp3) is 0.417. The van der Waals surface area contributed by atoms with Crippen LogP contribution in [0.4, 0.5) is 0 Å². The van der Waals surface area contributed by atoms with Crippen LogP contribution in [-0.4, -0.2) is 32.8 Å². The molecule has 5 heteroatoms. The van der Waals surface area contributed by atoms with Crippen LogP contribution in [0, 0.1) is 0 Å². The first-order valence-corrected chi connectivity index (χ1v) is 6.13. The number of hydrogen-bond donors (Lipinski definition) is 1. The molecule has 0 spiro atoms. The zero-order valence-corrected chi connectivity index (χ0v) is 11.1. The molecule has 1 aromatic rings. The fourth-order valence-electron chi connectivity index (χ4n) is 1.75. The van der Waals surface area contributed by atoms with Crippen molar-refractivity contribution in [2.24, 2.45) is 0 Å². The van der Waals surface area contributed by atoms with Gasteiger partial charge in [0.15, 0.2) is 0 Å². The molecule has 0 saturated carbocycles. The number of methoxy groups -OCH3 is 1. The van der Waals surface area contributed by atoms with E-state index in [4.69, 9.17) is 4.74 Å². The third-order valence-electron chi connectivity index (χ3n) is 2.89. The Morgan fingerprint density at radius 2 is 2.06 bits per heavy atom. The molecule has 0 amide bonds. The maximum absolute atomic E-state index is 11.1. The Balaban J connectivity index is 2.08. The first-order chi connectivity index (χ1) is 8.16. The largest absolute Gasteiger partial charge is 0.467 e. The van der Waals surface area contributed by atoms with Crippen LogP contribution in [-0.2, 0) is 19.9 Å². The van der Waals surface area contributed by atoms with Gasteiger partial charge >= 0.3 is 5.97 Å². The standard InChI is InChI=1S/C12H14BrNO3/c1-16-11(15)6-17-12(7-14-8-12)9-2-4-10(13)5-3-9/h2-5,14H,6-8H2,1H3. The van der Waals surface area contributed by atoms with E-state index in [2.05, 4.69) is 26.0 Å². The molecule has 1 heterocycles. The van der Waals surface area contributed by atoms with E-state index < -0.39 is 5.60 Å². The molecular weight excluding hydrogens is 286 g/mol. The lowest BCUT2D eigenvalue weighted by Gasteiger charge is -2.42. The highest BCUT2D eigenvalue weighted by molar-refractivity contribution is 9.10. The number of nitrogens with one attached hydrogen (secondary N) is 1. The van der Waals surface area contributed by atoms with E-state index in [1.807, 2.05) is 24.3 Å². The average molecular weight is 300 g/mol. The Morgan fingerprint density at radius 1 is 1.41 bits per heavy atom. The number of ether oxygens (including phenoxy) is 2. The van der Waals surface area contributed by atoms with Crippen molar-refractivity contribution in [3.63, 3.8) is 0 Å². The molecular formula is C12H14BrNO3. The van der Waals surface area contributed by atoms with Gasteiger partial charge in [-0.1, -0.05) is 28.1 Å². The van der Waals surface area contributed by atoms with Crippen LogP contribution in [0.2, 0.25) is 0 Å². The molecule has 0 bridgehead atoms. The molecule has 92 valence electrons. The van der Waals surface area contributed by atoms with Crippen LogP contribution in [0.25, 0.3) is 0 Å². The Bertz CT molecular complexity index is 401. The number of hydrogen-bond acceptors (Lipinski definition) is 4. The molecule has 1 aromatic carbocycles. The summed E-state index contributed by atoms with van der Waals surface area (Å²) in [7, 11) is 1.36. The zero-order chi connectivity index (χ0) is 12.3. The van der Waals surface area contributed by atoms with Gasteiger partial charge in [-0.25, -0.2) is 4.79 Å². The Hall–Kier alpha value is -0.910. The summed E-state index contributed by atoms with van der Waals surface area (Å²) >= 11 is 3.39. The maximum atomic E-state index is 11.1. The first-order valence-electron chi connectivity index (χ1n) is 5.34. The van der Waals surface area contributed by atoms with Crippen LogP contribution in [0.5, 0.6) is 0 Å². The van der Waals surface area contributed by atoms with Gasteiger partial charge in [0.1, 0.15) is 12.2 Å². The van der Waals surface area contributed by atoms with Crippen LogP contribution >= 0.6 is 15.9 Å². The molecule has 17 heavy (non-hydrogen) atoms. The van der Waals surface area contributed by atoms with E-state index in [9.17, 15) is 4.79 Å². The van der Waals surface area contributed by atoms with Crippen molar-refractivity contribution < 1.29 is 14.3 Å². The van der Waals surface area contributed by atoms with Crippen molar-refractivity contribution in [2.75, 3.05) is 26.8 Å². The van der Waals surface area contributed by atoms with Crippen molar-refractivity contribution in [2.45, 2.75) is 5.60 Å². The van der Waals surface area contributed by atoms with Crippen molar-refractivity contribution in [1.29, 1.82) is 0 Å². The second-order valence-corrected chi connectivity index (χ2v) is 4.89. The van der Waals surface area contributed by atoms with Gasteiger partial charge in [-0.3, -0.25) is 0 Å². The smallest absolute Gasteiger partial charge is 0.331 e. The van der Waals surface area contributed by atoms with Crippen molar-refractivity contribution in [3.05, 3.63) is 34.3 Å². The number of benzene rings is 1. The van der Waals surface area contributed by atoms with E-state index in [1.54, 1.807) is 0 Å². The van der Waals surface area contributed by atoms with Gasteiger partial charge in [0, 0.05) is 17.6 Å². The Labute approximate surface area is 108 Å².